The van der Waals surface area contributed by atoms with Crippen LogP contribution in [-0.2, 0) is 13.1 Å². The summed E-state index contributed by atoms with van der Waals surface area (Å²) >= 11 is 1.62. The van der Waals surface area contributed by atoms with E-state index < -0.39 is 0 Å². The fourth-order valence-corrected chi connectivity index (χ4v) is 3.91. The average Bonchev–Trinajstić information content (AvgIpc) is 2.83. The van der Waals surface area contributed by atoms with E-state index in [-0.39, 0.29) is 24.0 Å². The number of benzene rings is 3. The van der Waals surface area contributed by atoms with E-state index in [2.05, 4.69) is 42.3 Å². The van der Waals surface area contributed by atoms with E-state index in [4.69, 9.17) is 19.2 Å². The second-order valence-corrected chi connectivity index (χ2v) is 8.10. The summed E-state index contributed by atoms with van der Waals surface area (Å²) in [5, 5.41) is 0.917. The van der Waals surface area contributed by atoms with Crippen molar-refractivity contribution in [2.45, 2.75) is 20.0 Å². The Bertz CT molecular complexity index is 991. The number of amidine groups is 1. The second kappa shape index (κ2) is 13.3. The van der Waals surface area contributed by atoms with Crippen LogP contribution in [0.1, 0.15) is 16.7 Å². The van der Waals surface area contributed by atoms with Crippen molar-refractivity contribution in [1.29, 1.82) is 0 Å². The zero-order valence-corrected chi connectivity index (χ0v) is 22.8. The average molecular weight is 579 g/mol. The minimum Gasteiger partial charge on any atom is -0.497 e. The van der Waals surface area contributed by atoms with E-state index in [1.807, 2.05) is 42.5 Å². The Morgan fingerprint density at radius 3 is 1.73 bits per heavy atom. The van der Waals surface area contributed by atoms with E-state index >= 15 is 0 Å². The molecule has 0 aromatic heterocycles. The highest BCUT2D eigenvalue weighted by molar-refractivity contribution is 14.0. The first kappa shape index (κ1) is 26.9. The van der Waals surface area contributed by atoms with Crippen LogP contribution in [0.5, 0.6) is 17.2 Å². The Labute approximate surface area is 218 Å². The molecule has 3 aromatic carbocycles. The highest BCUT2D eigenvalue weighted by atomic mass is 127. The molecule has 0 spiro atoms. The summed E-state index contributed by atoms with van der Waals surface area (Å²) in [4.78, 5) is 7.27. The smallest absolute Gasteiger partial charge is 0.164 e. The second-order valence-electron chi connectivity index (χ2n) is 7.33. The largest absolute Gasteiger partial charge is 0.497 e. The highest BCUT2D eigenvalue weighted by Crippen LogP contribution is 2.30. The van der Waals surface area contributed by atoms with Crippen LogP contribution >= 0.6 is 35.7 Å². The summed E-state index contributed by atoms with van der Waals surface area (Å²) in [6, 6.07) is 22.3. The van der Waals surface area contributed by atoms with E-state index in [1.165, 1.54) is 11.1 Å². The summed E-state index contributed by atoms with van der Waals surface area (Å²) in [5.74, 6) is 2.45. The predicted molar refractivity (Wildman–Crippen MR) is 149 cm³/mol. The van der Waals surface area contributed by atoms with E-state index in [1.54, 1.807) is 33.1 Å². The number of rotatable bonds is 8. The van der Waals surface area contributed by atoms with Crippen molar-refractivity contribution in [2.24, 2.45) is 4.99 Å². The number of aliphatic imine (C=N–C) groups is 1. The molecule has 0 heterocycles. The molecule has 0 radical (unpaired) electrons. The van der Waals surface area contributed by atoms with Gasteiger partial charge in [0.15, 0.2) is 5.17 Å². The first-order valence-corrected chi connectivity index (χ1v) is 11.6. The van der Waals surface area contributed by atoms with Gasteiger partial charge in [0, 0.05) is 13.1 Å². The third-order valence-corrected chi connectivity index (χ3v) is 5.78. The fraction of sp³-hybridized carbons (Fsp3) is 0.269. The van der Waals surface area contributed by atoms with Crippen LogP contribution in [0.15, 0.2) is 71.7 Å². The molecule has 7 heteroatoms. The Morgan fingerprint density at radius 1 is 0.788 bits per heavy atom. The Morgan fingerprint density at radius 2 is 1.30 bits per heavy atom. The molecule has 0 saturated heterocycles. The molecule has 3 rings (SSSR count). The van der Waals surface area contributed by atoms with Crippen LogP contribution in [-0.4, -0.2) is 37.7 Å². The molecule has 0 N–H and O–H groups in total. The maximum absolute atomic E-state index is 5.55. The highest BCUT2D eigenvalue weighted by Gasteiger charge is 2.15. The number of thioether (sulfide) groups is 1. The molecule has 176 valence electrons. The van der Waals surface area contributed by atoms with E-state index in [9.17, 15) is 0 Å². The number of halogens is 1. The van der Waals surface area contributed by atoms with Crippen molar-refractivity contribution >= 4 is 46.6 Å². The van der Waals surface area contributed by atoms with Gasteiger partial charge in [-0.2, -0.15) is 0 Å². The van der Waals surface area contributed by atoms with Gasteiger partial charge in [-0.3, -0.25) is 0 Å². The van der Waals surface area contributed by atoms with E-state index in [0.29, 0.717) is 13.1 Å². The zero-order chi connectivity index (χ0) is 22.9. The quantitative estimate of drug-likeness (QED) is 0.169. The van der Waals surface area contributed by atoms with Gasteiger partial charge in [0.05, 0.1) is 21.3 Å². The third-order valence-electron chi connectivity index (χ3n) is 5.07. The van der Waals surface area contributed by atoms with Gasteiger partial charge in [0.2, 0.25) is 0 Å². The molecule has 0 amide bonds. The molecule has 0 atom stereocenters. The van der Waals surface area contributed by atoms with Crippen molar-refractivity contribution < 1.29 is 14.2 Å². The van der Waals surface area contributed by atoms with Crippen LogP contribution in [0.2, 0.25) is 0 Å². The molecule has 0 fully saturated rings. The predicted octanol–water partition coefficient (Wildman–Crippen LogP) is 6.69. The van der Waals surface area contributed by atoms with Crippen LogP contribution in [0.3, 0.4) is 0 Å². The number of hydrogen-bond donors (Lipinski definition) is 0. The molecule has 3 aromatic rings. The summed E-state index contributed by atoms with van der Waals surface area (Å²) in [6.07, 6.45) is 2.05. The van der Waals surface area contributed by atoms with Crippen molar-refractivity contribution in [3.8, 4) is 17.2 Å². The maximum atomic E-state index is 5.55. The molecular formula is C26H31IN2O3S. The lowest BCUT2D eigenvalue weighted by Gasteiger charge is -2.26. The molecule has 0 aliphatic rings. The summed E-state index contributed by atoms with van der Waals surface area (Å²) in [7, 11) is 5.03. The zero-order valence-electron chi connectivity index (χ0n) is 19.7. The molecule has 0 unspecified atom stereocenters. The van der Waals surface area contributed by atoms with Gasteiger partial charge >= 0.3 is 0 Å². The lowest BCUT2D eigenvalue weighted by Crippen LogP contribution is -2.27. The molecule has 0 aliphatic heterocycles. The summed E-state index contributed by atoms with van der Waals surface area (Å²) < 4.78 is 16.2. The third kappa shape index (κ3) is 7.57. The maximum Gasteiger partial charge on any atom is 0.164 e. The fourth-order valence-electron chi connectivity index (χ4n) is 3.33. The standard InChI is InChI=1S/C26H30N2O3S.HI/c1-19-6-15-25(31-4)24(16-19)27-26(32-5)28(17-20-7-11-22(29-2)12-8-20)18-21-9-13-23(30-3)14-10-21;/h6-16H,17-18H2,1-5H3;1H. The lowest BCUT2D eigenvalue weighted by molar-refractivity contribution is 0.404. The van der Waals surface area contributed by atoms with E-state index in [0.717, 1.165) is 33.7 Å². The van der Waals surface area contributed by atoms with Crippen LogP contribution in [0, 0.1) is 6.92 Å². The van der Waals surface area contributed by atoms with Crippen molar-refractivity contribution in [2.75, 3.05) is 27.6 Å². The molecule has 5 nitrogen and oxygen atoms in total. The van der Waals surface area contributed by atoms with Gasteiger partial charge < -0.3 is 19.1 Å². The SMILES string of the molecule is COc1ccc(CN(Cc2ccc(OC)cc2)C(=Nc2cc(C)ccc2OC)SC)cc1.I. The van der Waals surface area contributed by atoms with Gasteiger partial charge in [-0.05, 0) is 66.3 Å². The normalized spacial score (nSPS) is 10.9. The topological polar surface area (TPSA) is 43.3 Å². The lowest BCUT2D eigenvalue weighted by atomic mass is 10.1. The molecule has 0 aliphatic carbocycles. The van der Waals surface area contributed by atoms with Crippen LogP contribution < -0.4 is 14.2 Å². The Hall–Kier alpha value is -2.39. The molecule has 33 heavy (non-hydrogen) atoms. The van der Waals surface area contributed by atoms with Crippen LogP contribution in [0.25, 0.3) is 0 Å². The minimum atomic E-state index is 0. The number of ether oxygens (including phenoxy) is 3. The first-order chi connectivity index (χ1) is 15.6. The number of nitrogens with zero attached hydrogens (tertiary/aromatic N) is 2. The summed E-state index contributed by atoms with van der Waals surface area (Å²) in [5.41, 5.74) is 4.32. The Kier molecular flexibility index (Phi) is 10.9. The van der Waals surface area contributed by atoms with Gasteiger partial charge in [0.25, 0.3) is 0 Å². The van der Waals surface area contributed by atoms with Gasteiger partial charge in [-0.25, -0.2) is 4.99 Å². The number of aryl methyl sites for hydroxylation is 1. The minimum absolute atomic E-state index is 0. The van der Waals surface area contributed by atoms with Gasteiger partial charge in [-0.1, -0.05) is 42.1 Å². The number of hydrogen-bond acceptors (Lipinski definition) is 5. The van der Waals surface area contributed by atoms with Gasteiger partial charge in [0.1, 0.15) is 22.9 Å². The molecule has 0 saturated carbocycles. The monoisotopic (exact) mass is 578 g/mol. The Balaban J connectivity index is 0.00000385. The van der Waals surface area contributed by atoms with Crippen molar-refractivity contribution in [3.63, 3.8) is 0 Å². The first-order valence-electron chi connectivity index (χ1n) is 10.3. The van der Waals surface area contributed by atoms with Crippen LogP contribution in [0.4, 0.5) is 5.69 Å². The van der Waals surface area contributed by atoms with Crippen molar-refractivity contribution in [3.05, 3.63) is 83.4 Å². The molecular weight excluding hydrogens is 547 g/mol. The summed E-state index contributed by atoms with van der Waals surface area (Å²) in [6.45, 7) is 3.48. The molecule has 0 bridgehead atoms. The van der Waals surface area contributed by atoms with Crippen molar-refractivity contribution in [1.82, 2.24) is 4.90 Å². The number of methoxy groups -OCH3 is 3. The van der Waals surface area contributed by atoms with Gasteiger partial charge in [-0.15, -0.1) is 24.0 Å².